The van der Waals surface area contributed by atoms with E-state index in [1.807, 2.05) is 54.6 Å². The summed E-state index contributed by atoms with van der Waals surface area (Å²) in [7, 11) is 0. The zero-order valence-corrected chi connectivity index (χ0v) is 16.6. The van der Waals surface area contributed by atoms with Gasteiger partial charge in [0.2, 0.25) is 5.91 Å². The first-order valence-electron chi connectivity index (χ1n) is 10.3. The van der Waals surface area contributed by atoms with Gasteiger partial charge in [0.15, 0.2) is 0 Å². The van der Waals surface area contributed by atoms with Gasteiger partial charge in [-0.15, -0.1) is 0 Å². The predicted octanol–water partition coefficient (Wildman–Crippen LogP) is 2.62. The van der Waals surface area contributed by atoms with Gasteiger partial charge in [0.05, 0.1) is 6.54 Å². The summed E-state index contributed by atoms with van der Waals surface area (Å²) in [5, 5.41) is 7.93. The van der Waals surface area contributed by atoms with Crippen molar-refractivity contribution in [3.05, 3.63) is 54.6 Å². The van der Waals surface area contributed by atoms with Gasteiger partial charge in [0, 0.05) is 11.5 Å². The second kappa shape index (κ2) is 8.57. The third kappa shape index (κ3) is 4.15. The number of hydrogen-bond acceptors (Lipinski definition) is 4. The summed E-state index contributed by atoms with van der Waals surface area (Å²) in [4.78, 5) is 35.9. The van der Waals surface area contributed by atoms with E-state index in [4.69, 9.17) is 4.74 Å². The minimum Gasteiger partial charge on any atom is -0.491 e. The Morgan fingerprint density at radius 3 is 2.43 bits per heavy atom. The Hall–Kier alpha value is -3.35. The molecule has 4 amide bonds. The first-order chi connectivity index (χ1) is 14.6. The summed E-state index contributed by atoms with van der Waals surface area (Å²) >= 11 is 0. The molecule has 30 heavy (non-hydrogen) atoms. The molecule has 156 valence electrons. The summed E-state index contributed by atoms with van der Waals surface area (Å²) in [5.41, 5.74) is 1.26. The highest BCUT2D eigenvalue weighted by atomic mass is 16.5. The van der Waals surface area contributed by atoms with Crippen LogP contribution in [0.3, 0.4) is 0 Å². The largest absolute Gasteiger partial charge is 0.491 e. The molecule has 2 aliphatic rings. The average molecular weight is 407 g/mol. The van der Waals surface area contributed by atoms with E-state index >= 15 is 0 Å². The molecule has 2 aromatic carbocycles. The Balaban J connectivity index is 1.25. The maximum atomic E-state index is 12.5. The fraction of sp³-hybridized carbons (Fsp3) is 0.348. The maximum absolute atomic E-state index is 12.5. The van der Waals surface area contributed by atoms with Crippen molar-refractivity contribution < 1.29 is 19.1 Å². The molecule has 7 heteroatoms. The van der Waals surface area contributed by atoms with Gasteiger partial charge < -0.3 is 15.4 Å². The van der Waals surface area contributed by atoms with Gasteiger partial charge in [-0.2, -0.15) is 0 Å². The van der Waals surface area contributed by atoms with Crippen molar-refractivity contribution in [2.24, 2.45) is 5.92 Å². The van der Waals surface area contributed by atoms with Crippen molar-refractivity contribution in [3.63, 3.8) is 0 Å². The number of ether oxygens (including phenoxy) is 1. The van der Waals surface area contributed by atoms with Crippen LogP contribution in [0.2, 0.25) is 0 Å². The van der Waals surface area contributed by atoms with Crippen molar-refractivity contribution in [2.45, 2.75) is 31.2 Å². The Morgan fingerprint density at radius 1 is 1.03 bits per heavy atom. The van der Waals surface area contributed by atoms with Crippen molar-refractivity contribution in [2.75, 3.05) is 13.2 Å². The van der Waals surface area contributed by atoms with Crippen molar-refractivity contribution in [1.29, 1.82) is 0 Å². The highest BCUT2D eigenvalue weighted by Crippen LogP contribution is 2.34. The van der Waals surface area contributed by atoms with Gasteiger partial charge in [0.25, 0.3) is 5.91 Å². The average Bonchev–Trinajstić information content (AvgIpc) is 3.04. The molecular weight excluding hydrogens is 382 g/mol. The lowest BCUT2D eigenvalue weighted by Crippen LogP contribution is -2.51. The lowest BCUT2D eigenvalue weighted by Gasteiger charge is -2.33. The predicted molar refractivity (Wildman–Crippen MR) is 112 cm³/mol. The number of hydrogen-bond donors (Lipinski definition) is 3. The third-order valence-corrected chi connectivity index (χ3v) is 5.86. The maximum Gasteiger partial charge on any atom is 0.322 e. The van der Waals surface area contributed by atoms with Crippen LogP contribution >= 0.6 is 0 Å². The lowest BCUT2D eigenvalue weighted by molar-refractivity contribution is -0.130. The van der Waals surface area contributed by atoms with Gasteiger partial charge in [-0.25, -0.2) is 4.79 Å². The molecule has 0 bridgehead atoms. The molecule has 1 spiro atoms. The number of carbonyl (C=O) groups excluding carboxylic acids is 3. The molecule has 0 radical (unpaired) electrons. The minimum absolute atomic E-state index is 0.0328. The SMILES string of the molecule is O=C1NC(=O)C2(CCC(C(=O)NCCOc3ccccc3-c3ccccc3)CC2)N1. The number of imide groups is 1. The van der Waals surface area contributed by atoms with Crippen LogP contribution < -0.4 is 20.7 Å². The van der Waals surface area contributed by atoms with Crippen molar-refractivity contribution >= 4 is 17.8 Å². The van der Waals surface area contributed by atoms with E-state index in [-0.39, 0.29) is 17.7 Å². The fourth-order valence-electron chi connectivity index (χ4n) is 4.18. The number of rotatable bonds is 6. The third-order valence-electron chi connectivity index (χ3n) is 5.86. The molecule has 1 saturated carbocycles. The van der Waals surface area contributed by atoms with Crippen LogP contribution in [0.15, 0.2) is 54.6 Å². The Morgan fingerprint density at radius 2 is 1.73 bits per heavy atom. The number of urea groups is 1. The van der Waals surface area contributed by atoms with Gasteiger partial charge >= 0.3 is 6.03 Å². The van der Waals surface area contributed by atoms with E-state index in [1.165, 1.54) is 0 Å². The molecule has 4 rings (SSSR count). The highest BCUT2D eigenvalue weighted by molar-refractivity contribution is 6.07. The standard InChI is InChI=1S/C23H25N3O4/c27-20(17-10-12-23(13-11-17)21(28)25-22(29)26-23)24-14-15-30-19-9-5-4-8-18(19)16-6-2-1-3-7-16/h1-9,17H,10-15H2,(H,24,27)(H2,25,26,28,29). The molecular formula is C23H25N3O4. The first-order valence-corrected chi connectivity index (χ1v) is 10.3. The first kappa shape index (κ1) is 19.9. The molecule has 1 aliphatic heterocycles. The quantitative estimate of drug-likeness (QED) is 0.507. The Bertz CT molecular complexity index is 936. The summed E-state index contributed by atoms with van der Waals surface area (Å²) < 4.78 is 5.92. The number of para-hydroxylation sites is 1. The normalized spacial score (nSPS) is 23.0. The molecule has 7 nitrogen and oxygen atoms in total. The molecule has 2 aromatic rings. The van der Waals surface area contributed by atoms with Crippen LogP contribution in [0, 0.1) is 5.92 Å². The fourth-order valence-corrected chi connectivity index (χ4v) is 4.18. The van der Waals surface area contributed by atoms with E-state index in [0.717, 1.165) is 16.9 Å². The molecule has 1 aliphatic carbocycles. The van der Waals surface area contributed by atoms with E-state index in [9.17, 15) is 14.4 Å². The number of carbonyl (C=O) groups is 3. The molecule has 0 atom stereocenters. The smallest absolute Gasteiger partial charge is 0.322 e. The van der Waals surface area contributed by atoms with Crippen LogP contribution in [0.25, 0.3) is 11.1 Å². The zero-order chi connectivity index (χ0) is 21.0. The van der Waals surface area contributed by atoms with E-state index in [2.05, 4.69) is 16.0 Å². The molecule has 1 saturated heterocycles. The topological polar surface area (TPSA) is 96.5 Å². The van der Waals surface area contributed by atoms with E-state index in [0.29, 0.717) is 38.8 Å². The van der Waals surface area contributed by atoms with Gasteiger partial charge in [0.1, 0.15) is 17.9 Å². The highest BCUT2D eigenvalue weighted by Gasteiger charge is 2.48. The van der Waals surface area contributed by atoms with Gasteiger partial charge in [-0.1, -0.05) is 48.5 Å². The summed E-state index contributed by atoms with van der Waals surface area (Å²) in [6.07, 6.45) is 2.09. The van der Waals surface area contributed by atoms with Crippen LogP contribution in [0.5, 0.6) is 5.75 Å². The minimum atomic E-state index is -0.835. The lowest BCUT2D eigenvalue weighted by atomic mass is 9.76. The molecule has 3 N–H and O–H groups in total. The van der Waals surface area contributed by atoms with Crippen molar-refractivity contribution in [3.8, 4) is 16.9 Å². The number of nitrogens with one attached hydrogen (secondary N) is 3. The monoisotopic (exact) mass is 407 g/mol. The van der Waals surface area contributed by atoms with Crippen LogP contribution in [-0.4, -0.2) is 36.5 Å². The second-order valence-electron chi connectivity index (χ2n) is 7.77. The van der Waals surface area contributed by atoms with Gasteiger partial charge in [-0.3, -0.25) is 14.9 Å². The molecule has 0 unspecified atom stereocenters. The van der Waals surface area contributed by atoms with Crippen molar-refractivity contribution in [1.82, 2.24) is 16.0 Å². The van der Waals surface area contributed by atoms with E-state index in [1.54, 1.807) is 0 Å². The summed E-state index contributed by atoms with van der Waals surface area (Å²) in [6.45, 7) is 0.769. The van der Waals surface area contributed by atoms with Gasteiger partial charge in [-0.05, 0) is 37.3 Å². The summed E-state index contributed by atoms with van der Waals surface area (Å²) in [6, 6.07) is 17.4. The Kier molecular flexibility index (Phi) is 5.70. The number of amides is 4. The van der Waals surface area contributed by atoms with Crippen LogP contribution in [0.1, 0.15) is 25.7 Å². The van der Waals surface area contributed by atoms with Crippen LogP contribution in [-0.2, 0) is 9.59 Å². The number of benzene rings is 2. The molecule has 2 fully saturated rings. The molecule has 1 heterocycles. The zero-order valence-electron chi connectivity index (χ0n) is 16.6. The Labute approximate surface area is 175 Å². The second-order valence-corrected chi connectivity index (χ2v) is 7.77. The summed E-state index contributed by atoms with van der Waals surface area (Å²) in [5.74, 6) is 0.310. The molecule has 0 aromatic heterocycles. The van der Waals surface area contributed by atoms with Crippen LogP contribution in [0.4, 0.5) is 4.79 Å². The van der Waals surface area contributed by atoms with E-state index < -0.39 is 11.6 Å².